The van der Waals surface area contributed by atoms with Crippen molar-refractivity contribution in [3.8, 4) is 5.75 Å². The van der Waals surface area contributed by atoms with Crippen molar-refractivity contribution in [2.75, 3.05) is 13.7 Å². The van der Waals surface area contributed by atoms with Crippen LogP contribution < -0.4 is 4.74 Å². The van der Waals surface area contributed by atoms with Gasteiger partial charge in [-0.3, -0.25) is 0 Å². The molecule has 0 aliphatic rings. The van der Waals surface area contributed by atoms with E-state index in [0.717, 1.165) is 15.8 Å². The molecule has 4 heteroatoms. The fourth-order valence-electron chi connectivity index (χ4n) is 1.49. The molecular formula is C14H19BrO3. The highest BCUT2D eigenvalue weighted by atomic mass is 79.9. The van der Waals surface area contributed by atoms with E-state index in [0.29, 0.717) is 26.1 Å². The van der Waals surface area contributed by atoms with E-state index in [2.05, 4.69) is 22.5 Å². The maximum Gasteiger partial charge on any atom is 0.118 e. The maximum atomic E-state index is 9.60. The van der Waals surface area contributed by atoms with E-state index in [1.807, 2.05) is 24.3 Å². The Balaban J connectivity index is 2.19. The quantitative estimate of drug-likeness (QED) is 0.748. The lowest BCUT2D eigenvalue weighted by Crippen LogP contribution is -2.10. The van der Waals surface area contributed by atoms with Crippen LogP contribution in [0.5, 0.6) is 5.75 Å². The Morgan fingerprint density at radius 2 is 2.06 bits per heavy atom. The van der Waals surface area contributed by atoms with Crippen molar-refractivity contribution in [2.24, 2.45) is 0 Å². The minimum atomic E-state index is -0.396. The molecule has 0 unspecified atom stereocenters. The molecule has 1 rings (SSSR count). The Morgan fingerprint density at radius 3 is 2.61 bits per heavy atom. The Bertz CT molecular complexity index is 362. The Hall–Kier alpha value is -0.840. The van der Waals surface area contributed by atoms with E-state index in [9.17, 15) is 5.11 Å². The van der Waals surface area contributed by atoms with Crippen LogP contribution in [0.15, 0.2) is 35.3 Å². The number of aliphatic hydroxyl groups excluding tert-OH is 1. The van der Waals surface area contributed by atoms with Crippen molar-refractivity contribution in [3.63, 3.8) is 0 Å². The summed E-state index contributed by atoms with van der Waals surface area (Å²) in [6.45, 7) is 4.77. The van der Waals surface area contributed by atoms with Gasteiger partial charge in [-0.05, 0) is 28.6 Å². The van der Waals surface area contributed by atoms with Gasteiger partial charge in [0.05, 0.1) is 19.8 Å². The first-order valence-corrected chi connectivity index (χ1v) is 6.63. The largest absolute Gasteiger partial charge is 0.497 e. The average molecular weight is 315 g/mol. The van der Waals surface area contributed by atoms with Crippen molar-refractivity contribution in [1.82, 2.24) is 0 Å². The van der Waals surface area contributed by atoms with Gasteiger partial charge in [-0.25, -0.2) is 0 Å². The second kappa shape index (κ2) is 8.29. The van der Waals surface area contributed by atoms with E-state index in [1.54, 1.807) is 7.11 Å². The standard InChI is InChI=1S/C14H19BrO3/c1-11(15)9-13(16)7-8-18-10-12-3-5-14(17-2)6-4-12/h3-6,13,16H,1,7-10H2,2H3/t13-/m1/s1. The van der Waals surface area contributed by atoms with Crippen LogP contribution in [-0.4, -0.2) is 24.9 Å². The zero-order valence-corrected chi connectivity index (χ0v) is 12.1. The van der Waals surface area contributed by atoms with Crippen LogP contribution in [0.2, 0.25) is 0 Å². The van der Waals surface area contributed by atoms with E-state index in [1.165, 1.54) is 0 Å². The van der Waals surface area contributed by atoms with Crippen LogP contribution in [0, 0.1) is 0 Å². The molecule has 1 atom stereocenters. The molecule has 0 radical (unpaired) electrons. The second-order valence-electron chi connectivity index (χ2n) is 4.06. The molecule has 1 aromatic rings. The fourth-order valence-corrected chi connectivity index (χ4v) is 1.86. The molecule has 100 valence electrons. The topological polar surface area (TPSA) is 38.7 Å². The molecule has 1 N–H and O–H groups in total. The van der Waals surface area contributed by atoms with E-state index < -0.39 is 6.10 Å². The number of methoxy groups -OCH3 is 1. The zero-order chi connectivity index (χ0) is 13.4. The van der Waals surface area contributed by atoms with Gasteiger partial charge < -0.3 is 14.6 Å². The summed E-state index contributed by atoms with van der Waals surface area (Å²) in [5.41, 5.74) is 1.09. The molecule has 18 heavy (non-hydrogen) atoms. The monoisotopic (exact) mass is 314 g/mol. The number of aliphatic hydroxyl groups is 1. The van der Waals surface area contributed by atoms with Crippen LogP contribution in [0.25, 0.3) is 0 Å². The Kier molecular flexibility index (Phi) is 7.01. The molecule has 1 aromatic carbocycles. The van der Waals surface area contributed by atoms with Crippen molar-refractivity contribution in [3.05, 3.63) is 40.9 Å². The lowest BCUT2D eigenvalue weighted by molar-refractivity contribution is 0.0744. The van der Waals surface area contributed by atoms with Gasteiger partial charge in [-0.1, -0.05) is 34.6 Å². The predicted molar refractivity (Wildman–Crippen MR) is 76.0 cm³/mol. The molecule has 0 spiro atoms. The molecule has 0 heterocycles. The van der Waals surface area contributed by atoms with Crippen molar-refractivity contribution in [1.29, 1.82) is 0 Å². The number of halogens is 1. The molecule has 0 amide bonds. The molecule has 0 aliphatic heterocycles. The molecule has 0 saturated carbocycles. The molecular weight excluding hydrogens is 296 g/mol. The minimum absolute atomic E-state index is 0.396. The lowest BCUT2D eigenvalue weighted by atomic mass is 10.2. The highest BCUT2D eigenvalue weighted by Crippen LogP contribution is 2.14. The molecule has 3 nitrogen and oxygen atoms in total. The number of hydrogen-bond acceptors (Lipinski definition) is 3. The maximum absolute atomic E-state index is 9.60. The van der Waals surface area contributed by atoms with E-state index >= 15 is 0 Å². The van der Waals surface area contributed by atoms with Crippen molar-refractivity contribution >= 4 is 15.9 Å². The third kappa shape index (κ3) is 6.19. The summed E-state index contributed by atoms with van der Waals surface area (Å²) in [7, 11) is 1.64. The third-order valence-corrected chi connectivity index (χ3v) is 2.80. The molecule has 0 fully saturated rings. The summed E-state index contributed by atoms with van der Waals surface area (Å²) < 4.78 is 11.4. The smallest absolute Gasteiger partial charge is 0.118 e. The molecule has 0 aliphatic carbocycles. The normalized spacial score (nSPS) is 12.2. The summed E-state index contributed by atoms with van der Waals surface area (Å²) in [5.74, 6) is 0.838. The van der Waals surface area contributed by atoms with Crippen LogP contribution in [0.1, 0.15) is 18.4 Å². The first-order chi connectivity index (χ1) is 8.61. The van der Waals surface area contributed by atoms with Crippen LogP contribution >= 0.6 is 15.9 Å². The van der Waals surface area contributed by atoms with E-state index in [-0.39, 0.29) is 0 Å². The SMILES string of the molecule is C=C(Br)C[C@H](O)CCOCc1ccc(OC)cc1. The summed E-state index contributed by atoms with van der Waals surface area (Å²) in [5, 5.41) is 9.60. The number of ether oxygens (including phenoxy) is 2. The Labute approximate surface area is 117 Å². The third-order valence-electron chi connectivity index (χ3n) is 2.48. The van der Waals surface area contributed by atoms with Gasteiger partial charge in [0, 0.05) is 13.0 Å². The molecule has 0 bridgehead atoms. The van der Waals surface area contributed by atoms with Crippen molar-refractivity contribution in [2.45, 2.75) is 25.6 Å². The van der Waals surface area contributed by atoms with Gasteiger partial charge >= 0.3 is 0 Å². The first-order valence-electron chi connectivity index (χ1n) is 5.84. The number of benzene rings is 1. The first kappa shape index (κ1) is 15.2. The van der Waals surface area contributed by atoms with E-state index in [4.69, 9.17) is 9.47 Å². The lowest BCUT2D eigenvalue weighted by Gasteiger charge is -2.10. The summed E-state index contributed by atoms with van der Waals surface area (Å²) in [6.07, 6.45) is 0.778. The highest BCUT2D eigenvalue weighted by Gasteiger charge is 2.04. The molecule has 0 saturated heterocycles. The van der Waals surface area contributed by atoms with Gasteiger partial charge in [0.2, 0.25) is 0 Å². The predicted octanol–water partition coefficient (Wildman–Crippen LogP) is 3.26. The number of hydrogen-bond donors (Lipinski definition) is 1. The average Bonchev–Trinajstić information content (AvgIpc) is 2.34. The highest BCUT2D eigenvalue weighted by molar-refractivity contribution is 9.11. The van der Waals surface area contributed by atoms with Crippen LogP contribution in [0.4, 0.5) is 0 Å². The second-order valence-corrected chi connectivity index (χ2v) is 5.19. The zero-order valence-electron chi connectivity index (χ0n) is 10.6. The summed E-state index contributed by atoms with van der Waals surface area (Å²) in [4.78, 5) is 0. The van der Waals surface area contributed by atoms with Gasteiger partial charge in [0.1, 0.15) is 5.75 Å². The van der Waals surface area contributed by atoms with Gasteiger partial charge in [0.15, 0.2) is 0 Å². The molecule has 0 aromatic heterocycles. The minimum Gasteiger partial charge on any atom is -0.497 e. The fraction of sp³-hybridized carbons (Fsp3) is 0.429. The van der Waals surface area contributed by atoms with Gasteiger partial charge in [-0.15, -0.1) is 0 Å². The Morgan fingerprint density at radius 1 is 1.39 bits per heavy atom. The summed E-state index contributed by atoms with van der Waals surface area (Å²) >= 11 is 3.23. The summed E-state index contributed by atoms with van der Waals surface area (Å²) in [6, 6.07) is 7.75. The van der Waals surface area contributed by atoms with Crippen LogP contribution in [0.3, 0.4) is 0 Å². The van der Waals surface area contributed by atoms with Gasteiger partial charge in [0.25, 0.3) is 0 Å². The van der Waals surface area contributed by atoms with Crippen LogP contribution in [-0.2, 0) is 11.3 Å². The van der Waals surface area contributed by atoms with Crippen molar-refractivity contribution < 1.29 is 14.6 Å². The van der Waals surface area contributed by atoms with Gasteiger partial charge in [-0.2, -0.15) is 0 Å². The number of rotatable bonds is 8.